The van der Waals surface area contributed by atoms with Crippen LogP contribution in [0.5, 0.6) is 0 Å². The molecule has 120 valence electrons. The van der Waals surface area contributed by atoms with Gasteiger partial charge in [-0.2, -0.15) is 0 Å². The first-order valence-electron chi connectivity index (χ1n) is 8.34. The summed E-state index contributed by atoms with van der Waals surface area (Å²) in [5, 5.41) is 3.59. The molecular weight excluding hydrogens is 252 g/mol. The largest absolute Gasteiger partial charge is 0.353 e. The molecule has 0 aromatic heterocycles. The van der Waals surface area contributed by atoms with Gasteiger partial charge in [-0.05, 0) is 39.2 Å². The number of rotatable bonds is 11. The topological polar surface area (TPSA) is 33.7 Å². The molecule has 4 nitrogen and oxygen atoms in total. The van der Waals surface area contributed by atoms with E-state index in [9.17, 15) is 0 Å². The summed E-state index contributed by atoms with van der Waals surface area (Å²) in [5.41, 5.74) is 0. The van der Waals surface area contributed by atoms with Gasteiger partial charge in [0.2, 0.25) is 0 Å². The molecule has 1 atom stereocenters. The van der Waals surface area contributed by atoms with Crippen LogP contribution in [0, 0.1) is 5.92 Å². The molecule has 1 aliphatic rings. The lowest BCUT2D eigenvalue weighted by atomic mass is 10.1. The molecule has 0 aromatic carbocycles. The first-order chi connectivity index (χ1) is 9.65. The van der Waals surface area contributed by atoms with E-state index in [1.165, 1.54) is 19.4 Å². The van der Waals surface area contributed by atoms with Crippen molar-refractivity contribution in [2.24, 2.45) is 5.92 Å². The Hall–Kier alpha value is -0.160. The molecule has 0 radical (unpaired) electrons. The summed E-state index contributed by atoms with van der Waals surface area (Å²) in [5.74, 6) is 0.703. The molecule has 1 unspecified atom stereocenters. The molecule has 0 saturated carbocycles. The SMILES string of the molecule is CCOC(CCN(CC(C)C)CC1CCCN1)OCC. The van der Waals surface area contributed by atoms with Crippen LogP contribution in [-0.4, -0.2) is 56.6 Å². The smallest absolute Gasteiger partial charge is 0.158 e. The molecule has 0 bridgehead atoms. The van der Waals surface area contributed by atoms with Crippen molar-refractivity contribution in [3.63, 3.8) is 0 Å². The zero-order chi connectivity index (χ0) is 14.8. The number of nitrogens with one attached hydrogen (secondary N) is 1. The standard InChI is InChI=1S/C16H34N2O2/c1-5-19-16(20-6-2)9-11-18(12-14(3)4)13-15-8-7-10-17-15/h14-17H,5-13H2,1-4H3. The van der Waals surface area contributed by atoms with Crippen molar-refractivity contribution in [1.82, 2.24) is 10.2 Å². The van der Waals surface area contributed by atoms with Crippen molar-refractivity contribution in [2.75, 3.05) is 39.4 Å². The van der Waals surface area contributed by atoms with Crippen LogP contribution in [0.4, 0.5) is 0 Å². The Bertz CT molecular complexity index is 225. The molecule has 1 aliphatic heterocycles. The Morgan fingerprint density at radius 1 is 1.20 bits per heavy atom. The second kappa shape index (κ2) is 10.6. The van der Waals surface area contributed by atoms with Crippen molar-refractivity contribution in [1.29, 1.82) is 0 Å². The molecule has 4 heteroatoms. The number of nitrogens with zero attached hydrogens (tertiary/aromatic N) is 1. The minimum Gasteiger partial charge on any atom is -0.353 e. The van der Waals surface area contributed by atoms with Crippen LogP contribution >= 0.6 is 0 Å². The van der Waals surface area contributed by atoms with Crippen LogP contribution in [0.3, 0.4) is 0 Å². The van der Waals surface area contributed by atoms with Gasteiger partial charge in [0.25, 0.3) is 0 Å². The summed E-state index contributed by atoms with van der Waals surface area (Å²) >= 11 is 0. The van der Waals surface area contributed by atoms with Crippen molar-refractivity contribution in [2.45, 2.75) is 59.3 Å². The Labute approximate surface area is 125 Å². The third-order valence-corrected chi connectivity index (χ3v) is 3.65. The zero-order valence-electron chi connectivity index (χ0n) is 13.9. The zero-order valence-corrected chi connectivity index (χ0v) is 13.9. The van der Waals surface area contributed by atoms with E-state index in [2.05, 4.69) is 24.1 Å². The van der Waals surface area contributed by atoms with Crippen molar-refractivity contribution >= 4 is 0 Å². The monoisotopic (exact) mass is 286 g/mol. The molecule has 1 fully saturated rings. The Morgan fingerprint density at radius 3 is 2.40 bits per heavy atom. The van der Waals surface area contributed by atoms with Gasteiger partial charge < -0.3 is 19.7 Å². The van der Waals surface area contributed by atoms with Crippen LogP contribution in [0.2, 0.25) is 0 Å². The van der Waals surface area contributed by atoms with Gasteiger partial charge in [0.1, 0.15) is 0 Å². The predicted molar refractivity (Wildman–Crippen MR) is 84.0 cm³/mol. The average molecular weight is 286 g/mol. The van der Waals surface area contributed by atoms with Gasteiger partial charge in [-0.15, -0.1) is 0 Å². The summed E-state index contributed by atoms with van der Waals surface area (Å²) in [7, 11) is 0. The molecule has 20 heavy (non-hydrogen) atoms. The fraction of sp³-hybridized carbons (Fsp3) is 1.00. The van der Waals surface area contributed by atoms with Crippen LogP contribution in [0.1, 0.15) is 47.0 Å². The lowest BCUT2D eigenvalue weighted by Gasteiger charge is -2.29. The Balaban J connectivity index is 2.37. The second-order valence-corrected chi connectivity index (χ2v) is 6.08. The van der Waals surface area contributed by atoms with E-state index in [-0.39, 0.29) is 6.29 Å². The number of ether oxygens (including phenoxy) is 2. The average Bonchev–Trinajstić information content (AvgIpc) is 2.88. The molecule has 0 aliphatic carbocycles. The summed E-state index contributed by atoms with van der Waals surface area (Å²) in [4.78, 5) is 2.57. The van der Waals surface area contributed by atoms with Crippen LogP contribution in [-0.2, 0) is 9.47 Å². The van der Waals surface area contributed by atoms with Gasteiger partial charge in [-0.1, -0.05) is 13.8 Å². The van der Waals surface area contributed by atoms with Crippen LogP contribution in [0.25, 0.3) is 0 Å². The number of hydrogen-bond donors (Lipinski definition) is 1. The van der Waals surface area contributed by atoms with Crippen LogP contribution in [0.15, 0.2) is 0 Å². The number of hydrogen-bond acceptors (Lipinski definition) is 4. The molecular formula is C16H34N2O2. The minimum atomic E-state index is -0.0452. The van der Waals surface area contributed by atoms with Gasteiger partial charge in [-0.3, -0.25) is 0 Å². The van der Waals surface area contributed by atoms with E-state index in [0.29, 0.717) is 12.0 Å². The van der Waals surface area contributed by atoms with Gasteiger partial charge in [0.15, 0.2) is 6.29 Å². The lowest BCUT2D eigenvalue weighted by molar-refractivity contribution is -0.142. The van der Waals surface area contributed by atoms with Crippen LogP contribution < -0.4 is 5.32 Å². The molecule has 0 amide bonds. The first kappa shape index (κ1) is 17.9. The third-order valence-electron chi connectivity index (χ3n) is 3.65. The van der Waals surface area contributed by atoms with E-state index in [1.807, 2.05) is 13.8 Å². The summed E-state index contributed by atoms with van der Waals surface area (Å²) in [6.07, 6.45) is 3.55. The molecule has 1 N–H and O–H groups in total. The normalized spacial score (nSPS) is 19.6. The van der Waals surface area contributed by atoms with E-state index in [4.69, 9.17) is 9.47 Å². The van der Waals surface area contributed by atoms with E-state index in [1.54, 1.807) is 0 Å². The summed E-state index contributed by atoms with van der Waals surface area (Å²) < 4.78 is 11.3. The molecule has 1 heterocycles. The third kappa shape index (κ3) is 7.58. The quantitative estimate of drug-likeness (QED) is 0.592. The highest BCUT2D eigenvalue weighted by atomic mass is 16.7. The van der Waals surface area contributed by atoms with Crippen molar-refractivity contribution < 1.29 is 9.47 Å². The van der Waals surface area contributed by atoms with Gasteiger partial charge in [-0.25, -0.2) is 0 Å². The van der Waals surface area contributed by atoms with Gasteiger partial charge >= 0.3 is 0 Å². The second-order valence-electron chi connectivity index (χ2n) is 6.08. The molecule has 1 saturated heterocycles. The van der Waals surface area contributed by atoms with E-state index in [0.717, 1.165) is 39.3 Å². The first-order valence-corrected chi connectivity index (χ1v) is 8.34. The minimum absolute atomic E-state index is 0.0452. The fourth-order valence-corrected chi connectivity index (χ4v) is 2.87. The molecule has 0 spiro atoms. The van der Waals surface area contributed by atoms with Gasteiger partial charge in [0, 0.05) is 45.3 Å². The highest BCUT2D eigenvalue weighted by Crippen LogP contribution is 2.11. The maximum Gasteiger partial charge on any atom is 0.158 e. The summed E-state index contributed by atoms with van der Waals surface area (Å²) in [6.45, 7) is 14.6. The maximum atomic E-state index is 5.64. The van der Waals surface area contributed by atoms with E-state index < -0.39 is 0 Å². The Kier molecular flexibility index (Phi) is 9.44. The molecule has 1 rings (SSSR count). The molecule has 0 aromatic rings. The summed E-state index contributed by atoms with van der Waals surface area (Å²) in [6, 6.07) is 0.673. The fourth-order valence-electron chi connectivity index (χ4n) is 2.87. The highest BCUT2D eigenvalue weighted by molar-refractivity contribution is 4.78. The lowest BCUT2D eigenvalue weighted by Crippen LogP contribution is -2.41. The van der Waals surface area contributed by atoms with E-state index >= 15 is 0 Å². The van der Waals surface area contributed by atoms with Gasteiger partial charge in [0.05, 0.1) is 0 Å². The predicted octanol–water partition coefficient (Wildman–Crippen LogP) is 2.49. The highest BCUT2D eigenvalue weighted by Gasteiger charge is 2.19. The Morgan fingerprint density at radius 2 is 1.90 bits per heavy atom. The maximum absolute atomic E-state index is 5.64. The van der Waals surface area contributed by atoms with Crippen molar-refractivity contribution in [3.05, 3.63) is 0 Å². The van der Waals surface area contributed by atoms with Crippen molar-refractivity contribution in [3.8, 4) is 0 Å².